The number of aliphatic hydroxyl groups is 6. The van der Waals surface area contributed by atoms with E-state index >= 15 is 14.4 Å². The molecule has 11 bridgehead atoms. The van der Waals surface area contributed by atoms with Crippen LogP contribution in [-0.4, -0.2) is 208 Å². The highest BCUT2D eigenvalue weighted by Gasteiger charge is 2.52. The second-order valence-electron chi connectivity index (χ2n) is 31.6. The molecule has 7 amide bonds. The minimum absolute atomic E-state index is 0.109. The van der Waals surface area contributed by atoms with Crippen LogP contribution in [0.4, 0.5) is 0 Å². The molecule has 0 saturated carbocycles. The fourth-order valence-corrected chi connectivity index (χ4v) is 16.5. The molecule has 6 aromatic carbocycles. The minimum atomic E-state index is -2.37. The number of halogens is 2. The third-order valence-corrected chi connectivity index (χ3v) is 23.4. The average molecular weight is 1770 g/mol. The number of nitrogens with two attached hydrogens (primary N) is 1. The van der Waals surface area contributed by atoms with Gasteiger partial charge in [-0.3, -0.25) is 38.4 Å². The summed E-state index contributed by atoms with van der Waals surface area (Å²) in [4.78, 5) is 129. The summed E-state index contributed by atoms with van der Waals surface area (Å²) in [6.07, 6.45) is -10.4. The summed E-state index contributed by atoms with van der Waals surface area (Å²) in [5.74, 6) is -14.6. The van der Waals surface area contributed by atoms with Gasteiger partial charge in [-0.05, 0) is 141 Å². The van der Waals surface area contributed by atoms with Gasteiger partial charge in [0.1, 0.15) is 95.2 Å². The number of aliphatic carboxylic acids is 1. The Morgan fingerprint density at radius 3 is 1.93 bits per heavy atom. The molecule has 35 nitrogen and oxygen atoms in total. The van der Waals surface area contributed by atoms with Crippen LogP contribution >= 0.6 is 35.0 Å². The van der Waals surface area contributed by atoms with Gasteiger partial charge in [0.2, 0.25) is 53.4 Å². The minimum Gasteiger partial charge on any atom is -0.508 e. The second-order valence-corrected chi connectivity index (χ2v) is 33.7. The Morgan fingerprint density at radius 1 is 0.683 bits per heavy atom. The number of nitrogens with one attached hydrogen (secondary N) is 8. The number of ether oxygens (including phenoxy) is 7. The van der Waals surface area contributed by atoms with E-state index in [1.165, 1.54) is 30.9 Å². The van der Waals surface area contributed by atoms with Crippen molar-refractivity contribution in [3.05, 3.63) is 147 Å². The molecule has 123 heavy (non-hydrogen) atoms. The van der Waals surface area contributed by atoms with E-state index < -0.39 is 237 Å². The van der Waals surface area contributed by atoms with Gasteiger partial charge in [0, 0.05) is 53.9 Å². The van der Waals surface area contributed by atoms with Gasteiger partial charge >= 0.3 is 5.97 Å². The number of phenols is 3. The lowest BCUT2D eigenvalue weighted by atomic mass is 9.84. The molecule has 0 aromatic heterocycles. The molecule has 38 heteroatoms. The predicted molar refractivity (Wildman–Crippen MR) is 444 cm³/mol. The fraction of sp³-hybridized carbons (Fsp3) is 0.471. The molecule has 664 valence electrons. The number of hydrogen-bond acceptors (Lipinski definition) is 28. The van der Waals surface area contributed by atoms with Crippen LogP contribution in [0.3, 0.4) is 0 Å². The summed E-state index contributed by atoms with van der Waals surface area (Å²) in [5, 5.41) is 137. The lowest BCUT2D eigenvalue weighted by Gasteiger charge is -2.48. The number of phenolic OH excluding ortho intramolecular Hbond substituents is 3. The van der Waals surface area contributed by atoms with Crippen molar-refractivity contribution in [2.24, 2.45) is 11.7 Å². The standard InChI is InChI=1S/C85H103Cl2N9O26S/c1-39(2)26-53(89-6)77(108)95-68-70(103)44-19-22-57(51(86)29-44)118-59-31-46-32-60(74(59)122-84-75(73(106)72(105)61(38-97)120-84)121-63-36-85(5,76(107)40(3)117-63)90-37-42-16-15-17-48(27-42)116-24-13-11-9-7-8-10-12-14-25-123-41(4)98)119-58-23-20-45(30-52(58)87)71(104)69-82(113)94-67(83(114)115)50-33-47(99)34-56(101)64(50)49-28-43(18-21-55(49)100)65(79(110)96-69)93-80(111)66(46)92-78(109)54(35-62(88)102)91-81(68)112/h15-23,27-34,39-40,53-54,61,63,65-73,75-76,84,89-90,97,99-101,103-107H,7-14,24-26,35-38H2,1-6H3,(H2,88,102)(H,91,112)(H,92,109)(H,93,111)(H,94,113)(H,95,108)(H,96,110)(H,114,115)/t40-,53+,54-,61+,63-,65+,66+,67-,68+,69-,70+,71+,72+,73-,75+,76+,84-,85-/m0/s1. The Labute approximate surface area is 721 Å². The van der Waals surface area contributed by atoms with Gasteiger partial charge in [-0.1, -0.05) is 118 Å². The van der Waals surface area contributed by atoms with E-state index in [9.17, 15) is 79.8 Å². The van der Waals surface area contributed by atoms with Crippen molar-refractivity contribution in [2.75, 3.05) is 26.0 Å². The average Bonchev–Trinajstić information content (AvgIpc) is 0.778. The Bertz CT molecular complexity index is 4880. The summed E-state index contributed by atoms with van der Waals surface area (Å²) in [6.45, 7) is 8.20. The van der Waals surface area contributed by atoms with Crippen LogP contribution < -0.4 is 67.2 Å². The number of thioether (sulfide) groups is 1. The number of carbonyl (C=O) groups is 9. The number of primary amides is 1. The van der Waals surface area contributed by atoms with Gasteiger partial charge in [-0.25, -0.2) is 4.79 Å². The third-order valence-electron chi connectivity index (χ3n) is 21.9. The number of aliphatic hydroxyl groups excluding tert-OH is 6. The quantitative estimate of drug-likeness (QED) is 0.0261. The van der Waals surface area contributed by atoms with Crippen molar-refractivity contribution in [3.63, 3.8) is 0 Å². The first-order chi connectivity index (χ1) is 58.5. The van der Waals surface area contributed by atoms with Crippen molar-refractivity contribution in [2.45, 2.75) is 221 Å². The van der Waals surface area contributed by atoms with Gasteiger partial charge in [-0.15, -0.1) is 0 Å². The van der Waals surface area contributed by atoms with Crippen LogP contribution in [0, 0.1) is 5.92 Å². The number of rotatable bonds is 28. The lowest BCUT2D eigenvalue weighted by molar-refractivity contribution is -0.334. The molecule has 0 aliphatic carbocycles. The highest BCUT2D eigenvalue weighted by atomic mass is 35.5. The number of likely N-dealkylation sites (N-methyl/N-ethyl adjacent to an activating group) is 1. The molecular weight excluding hydrogens is 1670 g/mol. The van der Waals surface area contributed by atoms with Gasteiger partial charge in [-0.2, -0.15) is 0 Å². The van der Waals surface area contributed by atoms with Crippen molar-refractivity contribution in [1.82, 2.24) is 42.5 Å². The van der Waals surface area contributed by atoms with Crippen LogP contribution in [0.2, 0.25) is 10.0 Å². The predicted octanol–water partition coefficient (Wildman–Crippen LogP) is 5.72. The molecule has 7 aliphatic rings. The molecule has 6 aromatic rings. The Balaban J connectivity index is 1.03. The summed E-state index contributed by atoms with van der Waals surface area (Å²) in [6, 6.07) is 6.78. The topological polar surface area (TPSA) is 543 Å². The maximum Gasteiger partial charge on any atom is 0.330 e. The van der Waals surface area contributed by atoms with Crippen molar-refractivity contribution >= 4 is 87.4 Å². The van der Waals surface area contributed by atoms with Gasteiger partial charge in [0.05, 0.1) is 47.9 Å². The van der Waals surface area contributed by atoms with Crippen molar-refractivity contribution in [3.8, 4) is 62.9 Å². The highest BCUT2D eigenvalue weighted by molar-refractivity contribution is 8.13. The molecule has 2 saturated heterocycles. The van der Waals surface area contributed by atoms with Crippen LogP contribution in [0.15, 0.2) is 103 Å². The Hall–Kier alpha value is -10.2. The largest absolute Gasteiger partial charge is 0.508 e. The molecule has 0 unspecified atom stereocenters. The van der Waals surface area contributed by atoms with Crippen LogP contribution in [0.5, 0.6) is 51.7 Å². The SMILES string of the molecule is CN[C@H](CC(C)C)C(=O)N[C@H]1C(=O)N[C@@H](CC(N)=O)C(=O)N[C@H]2C(=O)N[C@H]3C(=O)N[C@H](C(=O)N[C@H](C(=O)O)c4cc(O)cc(O)c4-c4cc3ccc4O)[C@H](O)c3ccc(c(Cl)c3)Oc3cc2cc(c3O[C@@H]2O[C@H](CO)[C@@H](O)[C@H](O)[C@H]2O[C@H]2C[C@](C)(NCc3cccc(OCCCCCCCCCCSC(C)=O)c3)[C@H](O)[C@H](C)O2)Oc2ccc(cc2Cl)[C@H]1O. The molecule has 18 atom stereocenters. The summed E-state index contributed by atoms with van der Waals surface area (Å²) < 4.78 is 45.8. The Kier molecular flexibility index (Phi) is 31.6. The number of benzene rings is 6. The van der Waals surface area contributed by atoms with E-state index in [0.29, 0.717) is 12.4 Å². The second kappa shape index (κ2) is 41.6. The molecule has 0 radical (unpaired) electrons. The molecule has 7 aliphatic heterocycles. The number of carboxylic acids is 1. The van der Waals surface area contributed by atoms with E-state index in [2.05, 4.69) is 42.5 Å². The van der Waals surface area contributed by atoms with Crippen LogP contribution in [0.25, 0.3) is 11.1 Å². The van der Waals surface area contributed by atoms with E-state index in [4.69, 9.17) is 62.1 Å². The van der Waals surface area contributed by atoms with Crippen LogP contribution in [0.1, 0.15) is 169 Å². The third kappa shape index (κ3) is 22.9. The van der Waals surface area contributed by atoms with Crippen molar-refractivity contribution in [1.29, 1.82) is 0 Å². The monoisotopic (exact) mass is 1770 g/mol. The maximum atomic E-state index is 16.2. The first-order valence-electron chi connectivity index (χ1n) is 40.3. The zero-order valence-electron chi connectivity index (χ0n) is 68.1. The highest BCUT2D eigenvalue weighted by Crippen LogP contribution is 2.50. The van der Waals surface area contributed by atoms with Gasteiger partial charge in [0.15, 0.2) is 35.1 Å². The van der Waals surface area contributed by atoms with Gasteiger partial charge < -0.3 is 132 Å². The maximum absolute atomic E-state index is 16.2. The van der Waals surface area contributed by atoms with E-state index in [1.54, 1.807) is 20.8 Å². The number of unbranched alkanes of at least 4 members (excludes halogenated alkanes) is 7. The molecule has 20 N–H and O–H groups in total. The van der Waals surface area contributed by atoms with Gasteiger partial charge in [0.25, 0.3) is 0 Å². The number of carboxylic acid groups (broad SMARTS) is 1. The zero-order valence-corrected chi connectivity index (χ0v) is 70.4. The number of fused-ring (bicyclic) bond motifs is 15. The molecular formula is C85H103Cl2N9O26S. The number of amides is 7. The number of aromatic hydroxyl groups is 3. The first-order valence-corrected chi connectivity index (χ1v) is 42.0. The first kappa shape index (κ1) is 93.5. The van der Waals surface area contributed by atoms with Crippen LogP contribution in [-0.2, 0) is 63.9 Å². The number of hydrogen-bond donors (Lipinski definition) is 19. The fourth-order valence-electron chi connectivity index (χ4n) is 15.4. The molecule has 0 spiro atoms. The zero-order chi connectivity index (χ0) is 89.0. The molecule has 13 rings (SSSR count). The summed E-state index contributed by atoms with van der Waals surface area (Å²) >= 11 is 15.7. The molecule has 2 fully saturated rings. The normalized spacial score (nSPS) is 26.2. The summed E-state index contributed by atoms with van der Waals surface area (Å²) in [5.41, 5.74) is 2.46. The van der Waals surface area contributed by atoms with E-state index in [1.807, 2.05) is 38.1 Å². The summed E-state index contributed by atoms with van der Waals surface area (Å²) in [7, 11) is 1.48. The lowest BCUT2D eigenvalue weighted by Crippen LogP contribution is -2.65. The van der Waals surface area contributed by atoms with Crippen molar-refractivity contribution < 1.29 is 127 Å². The number of carbonyl (C=O) groups excluding carboxylic acids is 8. The van der Waals surface area contributed by atoms with E-state index in [-0.39, 0.29) is 57.9 Å². The smallest absolute Gasteiger partial charge is 0.330 e. The Morgan fingerprint density at radius 2 is 1.31 bits per heavy atom. The molecule has 7 heterocycles. The van der Waals surface area contributed by atoms with E-state index in [0.717, 1.165) is 129 Å².